The molecule has 6 heteroatoms. The Bertz CT molecular complexity index is 131. The van der Waals surface area contributed by atoms with E-state index in [9.17, 15) is 4.79 Å². The zero-order valence-electron chi connectivity index (χ0n) is 5.63. The molecular formula is C5H9I2NO3. The van der Waals surface area contributed by atoms with Gasteiger partial charge in [-0.2, -0.15) is 0 Å². The van der Waals surface area contributed by atoms with E-state index in [1.54, 1.807) is 22.6 Å². The van der Waals surface area contributed by atoms with Gasteiger partial charge in [0, 0.05) is 29.3 Å². The maximum absolute atomic E-state index is 10.5. The van der Waals surface area contributed by atoms with Crippen LogP contribution in [0.1, 0.15) is 12.8 Å². The summed E-state index contributed by atoms with van der Waals surface area (Å²) in [6, 6.07) is -0.422. The lowest BCUT2D eigenvalue weighted by atomic mass is 10.2. The molecule has 0 spiro atoms. The second-order valence-electron chi connectivity index (χ2n) is 2.02. The van der Waals surface area contributed by atoms with Gasteiger partial charge in [-0.3, -0.25) is 8.32 Å². The Morgan fingerprint density at radius 3 is 2.36 bits per heavy atom. The Labute approximate surface area is 92.4 Å². The lowest BCUT2D eigenvalue weighted by Crippen LogP contribution is -2.34. The first kappa shape index (κ1) is 12.0. The van der Waals surface area contributed by atoms with Gasteiger partial charge in [0.05, 0.1) is 6.04 Å². The van der Waals surface area contributed by atoms with Gasteiger partial charge in [-0.25, -0.2) is 0 Å². The summed E-state index contributed by atoms with van der Waals surface area (Å²) in [6.07, 6.45) is -0.594. The monoisotopic (exact) mass is 385 g/mol. The Kier molecular flexibility index (Phi) is 7.12. The largest absolute Gasteiger partial charge is 0.367 e. The molecule has 4 nitrogen and oxygen atoms in total. The van der Waals surface area contributed by atoms with Gasteiger partial charge in [0.15, 0.2) is 10.1 Å². The van der Waals surface area contributed by atoms with Crippen molar-refractivity contribution >= 4 is 49.2 Å². The molecule has 1 atom stereocenters. The van der Waals surface area contributed by atoms with Crippen LogP contribution in [0.15, 0.2) is 0 Å². The van der Waals surface area contributed by atoms with E-state index in [2.05, 4.69) is 3.53 Å². The summed E-state index contributed by atoms with van der Waals surface area (Å²) in [7, 11) is 0. The summed E-state index contributed by atoms with van der Waals surface area (Å²) >= 11 is 3.51. The highest BCUT2D eigenvalue weighted by molar-refractivity contribution is 14.1. The van der Waals surface area contributed by atoms with Crippen molar-refractivity contribution in [3.63, 3.8) is 0 Å². The number of nitrogens with one attached hydrogen (secondary N) is 1. The van der Waals surface area contributed by atoms with Crippen LogP contribution in [0.25, 0.3) is 0 Å². The molecule has 0 aliphatic rings. The Morgan fingerprint density at radius 2 is 2.09 bits per heavy atom. The zero-order chi connectivity index (χ0) is 8.85. The molecule has 0 aromatic heterocycles. The minimum absolute atomic E-state index is 0.0277. The van der Waals surface area contributed by atoms with Gasteiger partial charge < -0.3 is 10.2 Å². The predicted molar refractivity (Wildman–Crippen MR) is 57.4 cm³/mol. The van der Waals surface area contributed by atoms with Crippen LogP contribution in [0.5, 0.6) is 0 Å². The number of aliphatic hydroxyl groups excluding tert-OH is 1. The van der Waals surface area contributed by atoms with Crippen molar-refractivity contribution in [2.45, 2.75) is 25.2 Å². The van der Waals surface area contributed by atoms with Crippen molar-refractivity contribution in [1.82, 2.24) is 3.53 Å². The molecule has 0 amide bonds. The van der Waals surface area contributed by atoms with Crippen LogP contribution < -0.4 is 3.53 Å². The number of rotatable bonds is 5. The lowest BCUT2D eigenvalue weighted by Gasteiger charge is -2.15. The molecule has 0 aromatic rings. The maximum atomic E-state index is 10.5. The molecule has 0 aliphatic carbocycles. The van der Waals surface area contributed by atoms with Crippen molar-refractivity contribution in [2.75, 3.05) is 0 Å². The quantitative estimate of drug-likeness (QED) is 0.277. The molecule has 0 aromatic carbocycles. The van der Waals surface area contributed by atoms with Gasteiger partial charge in [0.1, 0.15) is 0 Å². The highest BCUT2D eigenvalue weighted by Gasteiger charge is 2.15. The van der Waals surface area contributed by atoms with Crippen LogP contribution in [-0.4, -0.2) is 26.3 Å². The molecule has 1 unspecified atom stereocenters. The first-order valence-electron chi connectivity index (χ1n) is 2.98. The van der Waals surface area contributed by atoms with Gasteiger partial charge in [-0.05, 0) is 29.0 Å². The number of aliphatic hydroxyl groups is 2. The topological polar surface area (TPSA) is 69.6 Å². The van der Waals surface area contributed by atoms with Gasteiger partial charge in [0.25, 0.3) is 0 Å². The standard InChI is InChI=1S/C5H9I2NO3/c6-4(9)2-1-3(8-7)5(10)11/h3,5,8,10-11H,1-2H2. The number of halogens is 2. The molecule has 3 N–H and O–H groups in total. The van der Waals surface area contributed by atoms with Gasteiger partial charge in [-0.15, -0.1) is 0 Å². The molecule has 0 bridgehead atoms. The van der Waals surface area contributed by atoms with E-state index in [0.717, 1.165) is 0 Å². The minimum atomic E-state index is -1.40. The Hall–Kier alpha value is 1.01. The number of carbonyl (C=O) groups is 1. The van der Waals surface area contributed by atoms with Crippen LogP contribution in [0.4, 0.5) is 0 Å². The summed E-state index contributed by atoms with van der Waals surface area (Å²) in [5, 5.41) is 17.4. The summed E-state index contributed by atoms with van der Waals surface area (Å²) < 4.78 is 2.70. The average molecular weight is 385 g/mol. The van der Waals surface area contributed by atoms with Crippen molar-refractivity contribution < 1.29 is 15.0 Å². The van der Waals surface area contributed by atoms with Crippen molar-refractivity contribution in [1.29, 1.82) is 0 Å². The van der Waals surface area contributed by atoms with Crippen LogP contribution in [-0.2, 0) is 4.79 Å². The lowest BCUT2D eigenvalue weighted by molar-refractivity contribution is -0.110. The van der Waals surface area contributed by atoms with E-state index in [4.69, 9.17) is 10.2 Å². The van der Waals surface area contributed by atoms with E-state index in [1.165, 1.54) is 0 Å². The molecule has 11 heavy (non-hydrogen) atoms. The van der Waals surface area contributed by atoms with Crippen LogP contribution in [0, 0.1) is 0 Å². The van der Waals surface area contributed by atoms with E-state index in [0.29, 0.717) is 12.8 Å². The van der Waals surface area contributed by atoms with Crippen molar-refractivity contribution in [3.8, 4) is 0 Å². The molecule has 0 radical (unpaired) electrons. The third kappa shape index (κ3) is 6.20. The van der Waals surface area contributed by atoms with Gasteiger partial charge in [0.2, 0.25) is 0 Å². The van der Waals surface area contributed by atoms with Crippen molar-refractivity contribution in [3.05, 3.63) is 0 Å². The molecule has 0 aliphatic heterocycles. The van der Waals surface area contributed by atoms with Crippen LogP contribution in [0.2, 0.25) is 0 Å². The summed E-state index contributed by atoms with van der Waals surface area (Å²) in [5.41, 5.74) is 0. The fourth-order valence-electron chi connectivity index (χ4n) is 0.529. The fourth-order valence-corrected chi connectivity index (χ4v) is 1.47. The Morgan fingerprint density at radius 1 is 1.55 bits per heavy atom. The SMILES string of the molecule is O=C(I)CCC(NI)C(O)O. The molecule has 0 saturated heterocycles. The second kappa shape index (κ2) is 6.52. The van der Waals surface area contributed by atoms with E-state index < -0.39 is 12.3 Å². The summed E-state index contributed by atoms with van der Waals surface area (Å²) in [5.74, 6) is 0. The average Bonchev–Trinajstić information content (AvgIpc) is 1.87. The summed E-state index contributed by atoms with van der Waals surface area (Å²) in [6.45, 7) is 0. The molecule has 0 heterocycles. The number of carbonyl (C=O) groups excluding carboxylic acids is 1. The molecule has 0 fully saturated rings. The van der Waals surface area contributed by atoms with E-state index in [1.807, 2.05) is 22.9 Å². The highest BCUT2D eigenvalue weighted by Crippen LogP contribution is 2.05. The number of hydrogen-bond donors (Lipinski definition) is 3. The highest BCUT2D eigenvalue weighted by atomic mass is 127. The van der Waals surface area contributed by atoms with Crippen LogP contribution >= 0.6 is 45.5 Å². The third-order valence-corrected chi connectivity index (χ3v) is 2.49. The van der Waals surface area contributed by atoms with Gasteiger partial charge >= 0.3 is 0 Å². The van der Waals surface area contributed by atoms with Gasteiger partial charge in [-0.1, -0.05) is 0 Å². The minimum Gasteiger partial charge on any atom is -0.367 e. The molecule has 0 saturated carbocycles. The molecule has 0 rings (SSSR count). The molecule has 66 valence electrons. The first-order chi connectivity index (χ1) is 5.07. The summed E-state index contributed by atoms with van der Waals surface area (Å²) in [4.78, 5) is 10.5. The van der Waals surface area contributed by atoms with E-state index >= 15 is 0 Å². The Balaban J connectivity index is 3.61. The fraction of sp³-hybridized carbons (Fsp3) is 0.800. The van der Waals surface area contributed by atoms with E-state index in [-0.39, 0.29) is 3.79 Å². The normalized spacial score (nSPS) is 13.5. The second-order valence-corrected chi connectivity index (χ2v) is 3.85. The first-order valence-corrected chi connectivity index (χ1v) is 5.14. The predicted octanol–water partition coefficient (Wildman–Crippen LogP) is 0.347. The van der Waals surface area contributed by atoms with Crippen molar-refractivity contribution in [2.24, 2.45) is 0 Å². The van der Waals surface area contributed by atoms with Crippen LogP contribution in [0.3, 0.4) is 0 Å². The number of hydrogen-bond acceptors (Lipinski definition) is 4. The maximum Gasteiger partial charge on any atom is 0.192 e. The molecular weight excluding hydrogens is 376 g/mol. The zero-order valence-corrected chi connectivity index (χ0v) is 9.94. The smallest absolute Gasteiger partial charge is 0.192 e. The third-order valence-electron chi connectivity index (χ3n) is 1.15.